The van der Waals surface area contributed by atoms with Crippen LogP contribution >= 0.6 is 23.1 Å². The van der Waals surface area contributed by atoms with Gasteiger partial charge in [0.1, 0.15) is 4.83 Å². The van der Waals surface area contributed by atoms with Gasteiger partial charge in [0.05, 0.1) is 17.2 Å². The molecule has 0 fully saturated rings. The van der Waals surface area contributed by atoms with Crippen molar-refractivity contribution in [2.24, 2.45) is 0 Å². The number of aryl methyl sites for hydroxylation is 2. The zero-order valence-corrected chi connectivity index (χ0v) is 15.1. The predicted molar refractivity (Wildman–Crippen MR) is 96.4 cm³/mol. The Hall–Kier alpha value is -1.32. The van der Waals surface area contributed by atoms with Crippen LogP contribution in [0.3, 0.4) is 0 Å². The van der Waals surface area contributed by atoms with Gasteiger partial charge in [0.2, 0.25) is 0 Å². The van der Waals surface area contributed by atoms with Crippen molar-refractivity contribution < 1.29 is 0 Å². The molecular weight excluding hydrogens is 326 g/mol. The number of aromatic nitrogens is 2. The van der Waals surface area contributed by atoms with Crippen LogP contribution in [0.4, 0.5) is 0 Å². The Kier molecular flexibility index (Phi) is 5.39. The third-order valence-corrected chi connectivity index (χ3v) is 6.32. The first kappa shape index (κ1) is 16.5. The summed E-state index contributed by atoms with van der Waals surface area (Å²) in [4.78, 5) is 20.0. The molecule has 0 aromatic carbocycles. The minimum absolute atomic E-state index is 0.103. The molecule has 1 aliphatic carbocycles. The fourth-order valence-corrected chi connectivity index (χ4v) is 5.13. The first-order valence-electron chi connectivity index (χ1n) is 8.31. The minimum Gasteiger partial charge on any atom is -0.287 e. The van der Waals surface area contributed by atoms with Gasteiger partial charge in [-0.15, -0.1) is 11.3 Å². The monoisotopic (exact) mass is 347 g/mol. The molecule has 0 atom stereocenters. The standard InChI is InChI=1S/C17H21N3OS2/c1-2-3-6-10-20-16(21)14-12-7-4-5-8-13(12)23-15(14)19-17(20)22-11-9-18/h2-8,10-11H2,1H3. The van der Waals surface area contributed by atoms with Crippen LogP contribution in [0, 0.1) is 11.3 Å². The lowest BCUT2D eigenvalue weighted by Crippen LogP contribution is -2.24. The summed E-state index contributed by atoms with van der Waals surface area (Å²) in [6.45, 7) is 2.86. The molecule has 3 rings (SSSR count). The molecule has 2 aromatic heterocycles. The van der Waals surface area contributed by atoms with Crippen LogP contribution in [0.1, 0.15) is 49.5 Å². The van der Waals surface area contributed by atoms with Crippen LogP contribution < -0.4 is 5.56 Å². The third kappa shape index (κ3) is 3.31. The summed E-state index contributed by atoms with van der Waals surface area (Å²) in [5, 5.41) is 10.4. The second-order valence-corrected chi connectivity index (χ2v) is 7.92. The Bertz CT molecular complexity index is 801. The van der Waals surface area contributed by atoms with Crippen molar-refractivity contribution in [1.82, 2.24) is 9.55 Å². The molecule has 0 unspecified atom stereocenters. The molecule has 0 bridgehead atoms. The van der Waals surface area contributed by atoms with Crippen molar-refractivity contribution in [1.29, 1.82) is 5.26 Å². The average Bonchev–Trinajstić information content (AvgIpc) is 2.93. The van der Waals surface area contributed by atoms with Crippen molar-refractivity contribution in [2.45, 2.75) is 63.6 Å². The van der Waals surface area contributed by atoms with E-state index in [1.54, 1.807) is 11.3 Å². The van der Waals surface area contributed by atoms with Crippen LogP contribution in [-0.4, -0.2) is 15.3 Å². The Morgan fingerprint density at radius 2 is 2.17 bits per heavy atom. The summed E-state index contributed by atoms with van der Waals surface area (Å²) >= 11 is 3.06. The number of nitriles is 1. The average molecular weight is 348 g/mol. The van der Waals surface area contributed by atoms with Crippen molar-refractivity contribution in [3.63, 3.8) is 0 Å². The smallest absolute Gasteiger partial charge is 0.263 e. The molecule has 2 aromatic rings. The predicted octanol–water partition coefficient (Wildman–Crippen LogP) is 4.14. The van der Waals surface area contributed by atoms with Gasteiger partial charge in [0.15, 0.2) is 5.16 Å². The number of nitrogens with zero attached hydrogens (tertiary/aromatic N) is 3. The van der Waals surface area contributed by atoms with Crippen molar-refractivity contribution in [2.75, 3.05) is 5.75 Å². The van der Waals surface area contributed by atoms with Crippen LogP contribution in [0.25, 0.3) is 10.2 Å². The van der Waals surface area contributed by atoms with Gasteiger partial charge in [-0.05, 0) is 37.7 Å². The molecule has 2 heterocycles. The van der Waals surface area contributed by atoms with Gasteiger partial charge in [-0.1, -0.05) is 31.5 Å². The molecule has 1 aliphatic rings. The van der Waals surface area contributed by atoms with E-state index in [1.807, 2.05) is 4.57 Å². The molecule has 0 aliphatic heterocycles. The zero-order valence-electron chi connectivity index (χ0n) is 13.4. The number of hydrogen-bond acceptors (Lipinski definition) is 5. The molecular formula is C17H21N3OS2. The second-order valence-electron chi connectivity index (χ2n) is 5.90. The van der Waals surface area contributed by atoms with Gasteiger partial charge in [0.25, 0.3) is 5.56 Å². The molecule has 6 heteroatoms. The highest BCUT2D eigenvalue weighted by molar-refractivity contribution is 7.99. The summed E-state index contributed by atoms with van der Waals surface area (Å²) in [5.41, 5.74) is 1.35. The highest BCUT2D eigenvalue weighted by atomic mass is 32.2. The van der Waals surface area contributed by atoms with E-state index in [-0.39, 0.29) is 5.56 Å². The van der Waals surface area contributed by atoms with E-state index < -0.39 is 0 Å². The molecule has 4 nitrogen and oxygen atoms in total. The number of rotatable bonds is 6. The van der Waals surface area contributed by atoms with Gasteiger partial charge in [-0.2, -0.15) is 5.26 Å². The second kappa shape index (κ2) is 7.50. The molecule has 0 spiro atoms. The molecule has 23 heavy (non-hydrogen) atoms. The van der Waals surface area contributed by atoms with Crippen LogP contribution in [0.2, 0.25) is 0 Å². The Labute approximate surface area is 144 Å². The van der Waals surface area contributed by atoms with E-state index in [4.69, 9.17) is 10.2 Å². The number of fused-ring (bicyclic) bond motifs is 3. The first-order chi connectivity index (χ1) is 11.3. The lowest BCUT2D eigenvalue weighted by Gasteiger charge is -2.12. The third-order valence-electron chi connectivity index (χ3n) is 4.29. The molecule has 122 valence electrons. The van der Waals surface area contributed by atoms with Crippen LogP contribution in [0.15, 0.2) is 9.95 Å². The SMILES string of the molecule is CCCCCn1c(SCC#N)nc2sc3c(c2c1=O)CCCC3. The topological polar surface area (TPSA) is 58.7 Å². The minimum atomic E-state index is 0.103. The lowest BCUT2D eigenvalue weighted by atomic mass is 9.97. The number of thioether (sulfide) groups is 1. The van der Waals surface area contributed by atoms with Gasteiger partial charge in [0, 0.05) is 11.4 Å². The summed E-state index contributed by atoms with van der Waals surface area (Å²) in [6, 6.07) is 2.14. The van der Waals surface area contributed by atoms with E-state index in [0.717, 1.165) is 42.3 Å². The lowest BCUT2D eigenvalue weighted by molar-refractivity contribution is 0.542. The van der Waals surface area contributed by atoms with Gasteiger partial charge >= 0.3 is 0 Å². The number of unbranched alkanes of at least 4 members (excludes halogenated alkanes) is 2. The summed E-state index contributed by atoms with van der Waals surface area (Å²) < 4.78 is 1.81. The highest BCUT2D eigenvalue weighted by Crippen LogP contribution is 2.34. The number of thiophene rings is 1. The maximum Gasteiger partial charge on any atom is 0.263 e. The van der Waals surface area contributed by atoms with Crippen LogP contribution in [0.5, 0.6) is 0 Å². The molecule has 0 N–H and O–H groups in total. The quantitative estimate of drug-likeness (QED) is 0.447. The Morgan fingerprint density at radius 1 is 1.35 bits per heavy atom. The summed E-state index contributed by atoms with van der Waals surface area (Å²) in [6.07, 6.45) is 7.67. The fourth-order valence-electron chi connectivity index (χ4n) is 3.14. The molecule has 0 radical (unpaired) electrons. The normalized spacial score (nSPS) is 13.9. The van der Waals surface area contributed by atoms with E-state index in [0.29, 0.717) is 17.5 Å². The van der Waals surface area contributed by atoms with Crippen molar-refractivity contribution in [3.8, 4) is 6.07 Å². The van der Waals surface area contributed by atoms with Crippen molar-refractivity contribution in [3.05, 3.63) is 20.8 Å². The van der Waals surface area contributed by atoms with Crippen molar-refractivity contribution >= 4 is 33.3 Å². The Balaban J connectivity index is 2.10. The largest absolute Gasteiger partial charge is 0.287 e. The zero-order chi connectivity index (χ0) is 16.2. The summed E-state index contributed by atoms with van der Waals surface area (Å²) in [7, 11) is 0. The number of hydrogen-bond donors (Lipinski definition) is 0. The van der Waals surface area contributed by atoms with Gasteiger partial charge in [-0.25, -0.2) is 4.98 Å². The van der Waals surface area contributed by atoms with Gasteiger partial charge < -0.3 is 0 Å². The fraction of sp³-hybridized carbons (Fsp3) is 0.588. The molecule has 0 amide bonds. The van der Waals surface area contributed by atoms with E-state index >= 15 is 0 Å². The van der Waals surface area contributed by atoms with Gasteiger partial charge in [-0.3, -0.25) is 9.36 Å². The molecule has 0 saturated heterocycles. The first-order valence-corrected chi connectivity index (χ1v) is 10.1. The van der Waals surface area contributed by atoms with E-state index in [1.165, 1.54) is 35.0 Å². The summed E-state index contributed by atoms with van der Waals surface area (Å²) in [5.74, 6) is 0.330. The maximum atomic E-state index is 13.1. The maximum absolute atomic E-state index is 13.1. The Morgan fingerprint density at radius 3 is 2.96 bits per heavy atom. The highest BCUT2D eigenvalue weighted by Gasteiger charge is 2.22. The molecule has 0 saturated carbocycles. The van der Waals surface area contributed by atoms with E-state index in [9.17, 15) is 4.79 Å². The van der Waals surface area contributed by atoms with E-state index in [2.05, 4.69) is 13.0 Å². The van der Waals surface area contributed by atoms with Crippen LogP contribution in [-0.2, 0) is 19.4 Å².